The lowest BCUT2D eigenvalue weighted by Gasteiger charge is -2.39. The second-order valence-electron chi connectivity index (χ2n) is 6.47. The van der Waals surface area contributed by atoms with Gasteiger partial charge < -0.3 is 19.3 Å². The van der Waals surface area contributed by atoms with Crippen molar-refractivity contribution in [1.29, 1.82) is 0 Å². The van der Waals surface area contributed by atoms with Crippen LogP contribution in [-0.2, 0) is 14.3 Å². The zero-order chi connectivity index (χ0) is 16.3. The third-order valence-corrected chi connectivity index (χ3v) is 4.66. The van der Waals surface area contributed by atoms with E-state index in [1.165, 1.54) is 0 Å². The highest BCUT2D eigenvalue weighted by molar-refractivity contribution is 5.76. The van der Waals surface area contributed by atoms with Crippen molar-refractivity contribution in [2.45, 2.75) is 31.0 Å². The fourth-order valence-corrected chi connectivity index (χ4v) is 3.17. The van der Waals surface area contributed by atoms with Gasteiger partial charge >= 0.3 is 0 Å². The predicted molar refractivity (Wildman–Crippen MR) is 85.2 cm³/mol. The maximum atomic E-state index is 11.6. The molecule has 7 heteroatoms. The molecular weight excluding hydrogens is 296 g/mol. The van der Waals surface area contributed by atoms with Gasteiger partial charge in [0.05, 0.1) is 24.5 Å². The van der Waals surface area contributed by atoms with Gasteiger partial charge in [-0.2, -0.15) is 0 Å². The molecule has 0 aliphatic carbocycles. The Bertz CT molecular complexity index is 529. The predicted octanol–water partition coefficient (Wildman–Crippen LogP) is 0.709. The van der Waals surface area contributed by atoms with Crippen LogP contribution in [0.15, 0.2) is 18.6 Å². The third kappa shape index (κ3) is 3.79. The molecule has 7 nitrogen and oxygen atoms in total. The van der Waals surface area contributed by atoms with Gasteiger partial charge in [0.15, 0.2) is 0 Å². The number of amides is 1. The maximum absolute atomic E-state index is 11.6. The molecule has 1 atom stereocenters. The van der Waals surface area contributed by atoms with Crippen molar-refractivity contribution in [2.75, 3.05) is 45.3 Å². The summed E-state index contributed by atoms with van der Waals surface area (Å²) in [6, 6.07) is 0. The molecule has 2 aliphatic rings. The van der Waals surface area contributed by atoms with E-state index in [9.17, 15) is 4.79 Å². The first-order chi connectivity index (χ1) is 11.1. The zero-order valence-corrected chi connectivity index (χ0v) is 13.8. The Balaban J connectivity index is 1.48. The average Bonchev–Trinajstić information content (AvgIpc) is 2.97. The van der Waals surface area contributed by atoms with E-state index in [0.717, 1.165) is 38.2 Å². The number of hydrogen-bond donors (Lipinski definition) is 0. The SMILES string of the molecule is CN(C)C(=O)CO[C@H]1COC2(CCN(c3cnccn3)CC2)C1. The van der Waals surface area contributed by atoms with Crippen molar-refractivity contribution in [2.24, 2.45) is 0 Å². The van der Waals surface area contributed by atoms with Crippen LogP contribution in [0.2, 0.25) is 0 Å². The quantitative estimate of drug-likeness (QED) is 0.814. The number of likely N-dealkylation sites (N-methyl/N-ethyl adjacent to an activating group) is 1. The summed E-state index contributed by atoms with van der Waals surface area (Å²) >= 11 is 0. The van der Waals surface area contributed by atoms with Gasteiger partial charge in [-0.05, 0) is 12.8 Å². The molecule has 23 heavy (non-hydrogen) atoms. The number of ether oxygens (including phenoxy) is 2. The van der Waals surface area contributed by atoms with E-state index in [-0.39, 0.29) is 24.2 Å². The van der Waals surface area contributed by atoms with Gasteiger partial charge in [-0.1, -0.05) is 0 Å². The van der Waals surface area contributed by atoms with E-state index in [0.29, 0.717) is 6.61 Å². The number of hydrogen-bond acceptors (Lipinski definition) is 6. The number of anilines is 1. The van der Waals surface area contributed by atoms with Gasteiger partial charge in [0.2, 0.25) is 5.91 Å². The minimum Gasteiger partial charge on any atom is -0.372 e. The summed E-state index contributed by atoms with van der Waals surface area (Å²) in [5.41, 5.74) is -0.107. The summed E-state index contributed by atoms with van der Waals surface area (Å²) in [6.45, 7) is 2.51. The average molecular weight is 320 g/mol. The van der Waals surface area contributed by atoms with Crippen molar-refractivity contribution in [1.82, 2.24) is 14.9 Å². The highest BCUT2D eigenvalue weighted by atomic mass is 16.6. The van der Waals surface area contributed by atoms with Gasteiger partial charge in [-0.3, -0.25) is 9.78 Å². The molecule has 0 aromatic carbocycles. The Hall–Kier alpha value is -1.73. The molecule has 1 amide bonds. The molecule has 3 heterocycles. The van der Waals surface area contributed by atoms with Crippen LogP contribution in [0.5, 0.6) is 0 Å². The van der Waals surface area contributed by atoms with Crippen molar-refractivity contribution in [3.63, 3.8) is 0 Å². The summed E-state index contributed by atoms with van der Waals surface area (Å²) in [4.78, 5) is 23.9. The normalized spacial score (nSPS) is 23.2. The lowest BCUT2D eigenvalue weighted by atomic mass is 9.88. The Morgan fingerprint density at radius 3 is 2.87 bits per heavy atom. The molecule has 0 bridgehead atoms. The molecule has 3 rings (SSSR count). The van der Waals surface area contributed by atoms with E-state index in [4.69, 9.17) is 9.47 Å². The lowest BCUT2D eigenvalue weighted by Crippen LogP contribution is -2.44. The van der Waals surface area contributed by atoms with E-state index < -0.39 is 0 Å². The molecule has 0 N–H and O–H groups in total. The van der Waals surface area contributed by atoms with Crippen LogP contribution in [0, 0.1) is 0 Å². The van der Waals surface area contributed by atoms with Gasteiger partial charge in [0.1, 0.15) is 12.4 Å². The molecule has 2 saturated heterocycles. The Kier molecular flexibility index (Phi) is 4.77. The number of carbonyl (C=O) groups is 1. The molecule has 2 fully saturated rings. The van der Waals surface area contributed by atoms with E-state index in [1.807, 2.05) is 0 Å². The van der Waals surface area contributed by atoms with Crippen LogP contribution in [0.25, 0.3) is 0 Å². The largest absolute Gasteiger partial charge is 0.372 e. The number of carbonyl (C=O) groups excluding carboxylic acids is 1. The Morgan fingerprint density at radius 1 is 1.43 bits per heavy atom. The summed E-state index contributed by atoms with van der Waals surface area (Å²) in [5, 5.41) is 0. The van der Waals surface area contributed by atoms with Crippen molar-refractivity contribution in [3.05, 3.63) is 18.6 Å². The van der Waals surface area contributed by atoms with Gasteiger partial charge in [0.25, 0.3) is 0 Å². The molecule has 1 spiro atoms. The lowest BCUT2D eigenvalue weighted by molar-refractivity contribution is -0.135. The minimum atomic E-state index is -0.107. The zero-order valence-electron chi connectivity index (χ0n) is 13.8. The first-order valence-corrected chi connectivity index (χ1v) is 8.05. The van der Waals surface area contributed by atoms with Crippen molar-refractivity contribution in [3.8, 4) is 0 Å². The highest BCUT2D eigenvalue weighted by Crippen LogP contribution is 2.37. The van der Waals surface area contributed by atoms with E-state index in [1.54, 1.807) is 37.6 Å². The fourth-order valence-electron chi connectivity index (χ4n) is 3.17. The summed E-state index contributed by atoms with van der Waals surface area (Å²) in [5.74, 6) is 0.910. The second kappa shape index (κ2) is 6.80. The van der Waals surface area contributed by atoms with E-state index in [2.05, 4.69) is 14.9 Å². The smallest absolute Gasteiger partial charge is 0.248 e. The van der Waals surface area contributed by atoms with E-state index >= 15 is 0 Å². The van der Waals surface area contributed by atoms with Gasteiger partial charge in [-0.25, -0.2) is 4.98 Å². The number of piperidine rings is 1. The third-order valence-electron chi connectivity index (χ3n) is 4.66. The number of aromatic nitrogens is 2. The molecule has 0 radical (unpaired) electrons. The number of rotatable bonds is 4. The molecule has 126 valence electrons. The van der Waals surface area contributed by atoms with Crippen LogP contribution in [0.3, 0.4) is 0 Å². The molecule has 1 aromatic heterocycles. The Labute approximate surface area is 136 Å². The monoisotopic (exact) mass is 320 g/mol. The topological polar surface area (TPSA) is 67.8 Å². The standard InChI is InChI=1S/C16H24N4O3/c1-19(2)15(21)12-22-13-9-16(23-11-13)3-7-20(8-4-16)14-10-17-5-6-18-14/h5-6,10,13H,3-4,7-9,11-12H2,1-2H3/t13-/m1/s1. The first-order valence-electron chi connectivity index (χ1n) is 8.05. The highest BCUT2D eigenvalue weighted by Gasteiger charge is 2.43. The van der Waals surface area contributed by atoms with Crippen LogP contribution in [0.4, 0.5) is 5.82 Å². The molecule has 0 saturated carbocycles. The summed E-state index contributed by atoms with van der Waals surface area (Å²) < 4.78 is 11.8. The van der Waals surface area contributed by atoms with Crippen LogP contribution in [-0.4, -0.2) is 72.9 Å². The van der Waals surface area contributed by atoms with Gasteiger partial charge in [-0.15, -0.1) is 0 Å². The van der Waals surface area contributed by atoms with Crippen molar-refractivity contribution >= 4 is 11.7 Å². The molecule has 1 aromatic rings. The molecule has 2 aliphatic heterocycles. The maximum Gasteiger partial charge on any atom is 0.248 e. The summed E-state index contributed by atoms with van der Waals surface area (Å²) in [6.07, 6.45) is 7.98. The van der Waals surface area contributed by atoms with Crippen LogP contribution >= 0.6 is 0 Å². The van der Waals surface area contributed by atoms with Crippen molar-refractivity contribution < 1.29 is 14.3 Å². The van der Waals surface area contributed by atoms with Gasteiger partial charge in [0, 0.05) is 46.0 Å². The summed E-state index contributed by atoms with van der Waals surface area (Å²) in [7, 11) is 3.47. The minimum absolute atomic E-state index is 0.0107. The second-order valence-corrected chi connectivity index (χ2v) is 6.47. The fraction of sp³-hybridized carbons (Fsp3) is 0.688. The molecular formula is C16H24N4O3. The van der Waals surface area contributed by atoms with Crippen LogP contribution < -0.4 is 4.90 Å². The first kappa shape index (κ1) is 16.1. The number of nitrogens with zero attached hydrogens (tertiary/aromatic N) is 4. The molecule has 0 unspecified atom stereocenters. The Morgan fingerprint density at radius 2 is 2.22 bits per heavy atom. The van der Waals surface area contributed by atoms with Crippen LogP contribution in [0.1, 0.15) is 19.3 Å².